The Morgan fingerprint density at radius 1 is 1.17 bits per heavy atom. The van der Waals surface area contributed by atoms with Gasteiger partial charge in [0.05, 0.1) is 5.69 Å². The van der Waals surface area contributed by atoms with Gasteiger partial charge in [-0.05, 0) is 82.7 Å². The van der Waals surface area contributed by atoms with Crippen LogP contribution in [0.2, 0.25) is 0 Å². The molecule has 4 nitrogen and oxygen atoms in total. The molecule has 0 saturated carbocycles. The van der Waals surface area contributed by atoms with Gasteiger partial charge in [0, 0.05) is 9.13 Å². The van der Waals surface area contributed by atoms with Gasteiger partial charge in [0.1, 0.15) is 5.75 Å². The number of halogens is 1. The van der Waals surface area contributed by atoms with Crippen molar-refractivity contribution in [3.63, 3.8) is 0 Å². The van der Waals surface area contributed by atoms with Crippen molar-refractivity contribution < 1.29 is 9.90 Å². The first kappa shape index (κ1) is 17.7. The molecule has 0 unspecified atom stereocenters. The number of hydrogen-bond acceptors (Lipinski definition) is 3. The summed E-state index contributed by atoms with van der Waals surface area (Å²) in [7, 11) is 0. The molecule has 2 aromatic rings. The number of phenols is 1. The Morgan fingerprint density at radius 3 is 2.43 bits per heavy atom. The molecule has 0 aliphatic rings. The zero-order valence-corrected chi connectivity index (χ0v) is 15.7. The zero-order chi connectivity index (χ0) is 17.0. The van der Waals surface area contributed by atoms with Gasteiger partial charge in [0.25, 0.3) is 5.91 Å². The number of rotatable bonds is 3. The van der Waals surface area contributed by atoms with E-state index in [1.54, 1.807) is 18.2 Å². The van der Waals surface area contributed by atoms with E-state index < -0.39 is 0 Å². The number of nitrogens with one attached hydrogen (secondary N) is 2. The highest BCUT2D eigenvalue weighted by Gasteiger charge is 2.10. The van der Waals surface area contributed by atoms with E-state index in [4.69, 9.17) is 12.2 Å². The SMILES string of the molecule is CC(C)c1ccc(O)c(NC(=S)NC(=O)c2ccc(I)cc2)c1. The van der Waals surface area contributed by atoms with Crippen LogP contribution < -0.4 is 10.6 Å². The van der Waals surface area contributed by atoms with Gasteiger partial charge in [-0.3, -0.25) is 10.1 Å². The van der Waals surface area contributed by atoms with Gasteiger partial charge in [-0.25, -0.2) is 0 Å². The zero-order valence-electron chi connectivity index (χ0n) is 12.8. The molecule has 0 aliphatic carbocycles. The average molecular weight is 440 g/mol. The third kappa shape index (κ3) is 4.90. The Kier molecular flexibility index (Phi) is 5.95. The molecule has 0 atom stereocenters. The third-order valence-corrected chi connectivity index (χ3v) is 4.19. The lowest BCUT2D eigenvalue weighted by Crippen LogP contribution is -2.34. The highest BCUT2D eigenvalue weighted by atomic mass is 127. The van der Waals surface area contributed by atoms with Crippen LogP contribution in [0.1, 0.15) is 35.7 Å². The van der Waals surface area contributed by atoms with Crippen LogP contribution in [0.4, 0.5) is 5.69 Å². The molecule has 0 spiro atoms. The summed E-state index contributed by atoms with van der Waals surface area (Å²) in [5.41, 5.74) is 2.07. The monoisotopic (exact) mass is 440 g/mol. The lowest BCUT2D eigenvalue weighted by Gasteiger charge is -2.13. The quantitative estimate of drug-likeness (QED) is 0.380. The predicted molar refractivity (Wildman–Crippen MR) is 105 cm³/mol. The van der Waals surface area contributed by atoms with Gasteiger partial charge < -0.3 is 10.4 Å². The summed E-state index contributed by atoms with van der Waals surface area (Å²) in [4.78, 5) is 12.1. The Balaban J connectivity index is 2.06. The lowest BCUT2D eigenvalue weighted by atomic mass is 10.0. The second kappa shape index (κ2) is 7.74. The number of thiocarbonyl (C=S) groups is 1. The molecule has 0 heterocycles. The number of amides is 1. The van der Waals surface area contributed by atoms with E-state index in [0.29, 0.717) is 17.2 Å². The van der Waals surface area contributed by atoms with E-state index in [2.05, 4.69) is 47.1 Å². The number of carbonyl (C=O) groups is 1. The fourth-order valence-electron chi connectivity index (χ4n) is 1.94. The first-order valence-electron chi connectivity index (χ1n) is 7.07. The van der Waals surface area contributed by atoms with Crippen LogP contribution in [-0.2, 0) is 0 Å². The number of phenolic OH excluding ortho intramolecular Hbond substituents is 1. The van der Waals surface area contributed by atoms with Gasteiger partial charge in [0.2, 0.25) is 0 Å². The Hall–Kier alpha value is -1.67. The molecule has 120 valence electrons. The first-order valence-corrected chi connectivity index (χ1v) is 8.56. The van der Waals surface area contributed by atoms with Crippen molar-refractivity contribution in [1.29, 1.82) is 0 Å². The summed E-state index contributed by atoms with van der Waals surface area (Å²) in [6.45, 7) is 4.13. The van der Waals surface area contributed by atoms with Crippen LogP contribution in [0, 0.1) is 3.57 Å². The molecule has 6 heteroatoms. The highest BCUT2D eigenvalue weighted by Crippen LogP contribution is 2.27. The van der Waals surface area contributed by atoms with Crippen LogP contribution in [0.3, 0.4) is 0 Å². The highest BCUT2D eigenvalue weighted by molar-refractivity contribution is 14.1. The van der Waals surface area contributed by atoms with Crippen LogP contribution >= 0.6 is 34.8 Å². The fourth-order valence-corrected chi connectivity index (χ4v) is 2.51. The van der Waals surface area contributed by atoms with E-state index in [1.807, 2.05) is 24.3 Å². The molecule has 0 saturated heterocycles. The minimum absolute atomic E-state index is 0.0836. The minimum Gasteiger partial charge on any atom is -0.506 e. The van der Waals surface area contributed by atoms with Crippen molar-refractivity contribution in [2.75, 3.05) is 5.32 Å². The van der Waals surface area contributed by atoms with Crippen molar-refractivity contribution >= 4 is 51.5 Å². The van der Waals surface area contributed by atoms with Gasteiger partial charge in [-0.15, -0.1) is 0 Å². The van der Waals surface area contributed by atoms with Crippen molar-refractivity contribution in [2.24, 2.45) is 0 Å². The van der Waals surface area contributed by atoms with Crippen LogP contribution in [-0.4, -0.2) is 16.1 Å². The van der Waals surface area contributed by atoms with E-state index in [1.165, 1.54) is 0 Å². The molecule has 0 fully saturated rings. The normalized spacial score (nSPS) is 10.4. The molecule has 2 aromatic carbocycles. The van der Waals surface area contributed by atoms with Crippen molar-refractivity contribution in [2.45, 2.75) is 19.8 Å². The summed E-state index contributed by atoms with van der Waals surface area (Å²) in [5, 5.41) is 15.5. The van der Waals surface area contributed by atoms with Gasteiger partial charge in [-0.1, -0.05) is 19.9 Å². The topological polar surface area (TPSA) is 61.4 Å². The Bertz CT molecular complexity index is 730. The fraction of sp³-hybridized carbons (Fsp3) is 0.176. The van der Waals surface area contributed by atoms with E-state index in [9.17, 15) is 9.90 Å². The second-order valence-corrected chi connectivity index (χ2v) is 7.00. The number of aromatic hydroxyl groups is 1. The first-order chi connectivity index (χ1) is 10.9. The summed E-state index contributed by atoms with van der Waals surface area (Å²) >= 11 is 7.33. The predicted octanol–water partition coefficient (Wildman–Crippen LogP) is 4.25. The Morgan fingerprint density at radius 2 is 1.83 bits per heavy atom. The molecule has 0 aliphatic heterocycles. The van der Waals surface area contributed by atoms with Crippen LogP contribution in [0.25, 0.3) is 0 Å². The van der Waals surface area contributed by atoms with Gasteiger partial charge >= 0.3 is 0 Å². The maximum Gasteiger partial charge on any atom is 0.257 e. The average Bonchev–Trinajstić information content (AvgIpc) is 2.49. The number of hydrogen-bond donors (Lipinski definition) is 3. The summed E-state index contributed by atoms with van der Waals surface area (Å²) in [6.07, 6.45) is 0. The summed E-state index contributed by atoms with van der Waals surface area (Å²) < 4.78 is 1.05. The van der Waals surface area contributed by atoms with E-state index >= 15 is 0 Å². The molecule has 23 heavy (non-hydrogen) atoms. The summed E-state index contributed by atoms with van der Waals surface area (Å²) in [6, 6.07) is 12.5. The van der Waals surface area contributed by atoms with E-state index in [-0.39, 0.29) is 16.8 Å². The van der Waals surface area contributed by atoms with Crippen molar-refractivity contribution in [3.05, 3.63) is 57.2 Å². The third-order valence-electron chi connectivity index (χ3n) is 3.27. The summed E-state index contributed by atoms with van der Waals surface area (Å²) in [5.74, 6) is 0.116. The van der Waals surface area contributed by atoms with Gasteiger partial charge in [-0.2, -0.15) is 0 Å². The molecule has 2 rings (SSSR count). The smallest absolute Gasteiger partial charge is 0.257 e. The lowest BCUT2D eigenvalue weighted by molar-refractivity contribution is 0.0977. The number of benzene rings is 2. The minimum atomic E-state index is -0.293. The number of anilines is 1. The molecular formula is C17H17IN2O2S. The molecule has 0 radical (unpaired) electrons. The van der Waals surface area contributed by atoms with Crippen LogP contribution in [0.15, 0.2) is 42.5 Å². The molecule has 1 amide bonds. The largest absolute Gasteiger partial charge is 0.506 e. The molecular weight excluding hydrogens is 423 g/mol. The molecule has 3 N–H and O–H groups in total. The van der Waals surface area contributed by atoms with E-state index in [0.717, 1.165) is 9.13 Å². The molecule has 0 bridgehead atoms. The molecule has 0 aromatic heterocycles. The maximum absolute atomic E-state index is 12.1. The number of carbonyl (C=O) groups excluding carboxylic acids is 1. The van der Waals surface area contributed by atoms with Crippen molar-refractivity contribution in [1.82, 2.24) is 5.32 Å². The maximum atomic E-state index is 12.1. The van der Waals surface area contributed by atoms with Crippen molar-refractivity contribution in [3.8, 4) is 5.75 Å². The van der Waals surface area contributed by atoms with Gasteiger partial charge in [0.15, 0.2) is 5.11 Å². The Labute approximate surface area is 154 Å². The second-order valence-electron chi connectivity index (χ2n) is 5.35. The standard InChI is InChI=1S/C17H17IN2O2S/c1-10(2)12-5-8-15(21)14(9-12)19-17(23)20-16(22)11-3-6-13(18)7-4-11/h3-10,21H,1-2H3,(H2,19,20,22,23). The van der Waals surface area contributed by atoms with Crippen LogP contribution in [0.5, 0.6) is 5.75 Å².